The Hall–Kier alpha value is -2.41. The minimum Gasteiger partial charge on any atom is -0.465 e. The molecule has 4 rings (SSSR count). The molecule has 2 aromatic rings. The summed E-state index contributed by atoms with van der Waals surface area (Å²) in [4.78, 5) is 15.3. The van der Waals surface area contributed by atoms with Crippen molar-refractivity contribution in [2.45, 2.75) is 12.8 Å². The summed E-state index contributed by atoms with van der Waals surface area (Å²) in [6.45, 7) is 6.20. The van der Waals surface area contributed by atoms with E-state index in [2.05, 4.69) is 25.8 Å². The molecule has 0 atom stereocenters. The summed E-state index contributed by atoms with van der Waals surface area (Å²) in [5, 5.41) is 0. The molecule has 6 nitrogen and oxygen atoms in total. The van der Waals surface area contributed by atoms with Crippen molar-refractivity contribution in [1.29, 1.82) is 0 Å². The molecular formula is C19H24FN5O. The van der Waals surface area contributed by atoms with Crippen LogP contribution in [-0.4, -0.2) is 60.7 Å². The standard InChI is InChI=1S/C19H24FN5O/c20-17-15-21-19(22-18(17)24-8-1-2-9-24)25-12-10-23(11-13-25)7-3-5-16-6-4-14-26-16/h3-6,14-15H,1-2,7-13H2. The largest absolute Gasteiger partial charge is 0.465 e. The van der Waals surface area contributed by atoms with Gasteiger partial charge in [0, 0.05) is 45.8 Å². The lowest BCUT2D eigenvalue weighted by atomic mass is 10.3. The number of hydrogen-bond donors (Lipinski definition) is 0. The Balaban J connectivity index is 1.33. The van der Waals surface area contributed by atoms with Gasteiger partial charge in [-0.25, -0.2) is 9.37 Å². The Morgan fingerprint density at radius 3 is 2.62 bits per heavy atom. The SMILES string of the molecule is Fc1cnc(N2CCN(CC=Cc3ccco3)CC2)nc1N1CCCC1. The zero-order valence-corrected chi connectivity index (χ0v) is 14.9. The van der Waals surface area contributed by atoms with Crippen molar-refractivity contribution in [1.82, 2.24) is 14.9 Å². The van der Waals surface area contributed by atoms with E-state index >= 15 is 0 Å². The second kappa shape index (κ2) is 7.86. The minimum absolute atomic E-state index is 0.322. The second-order valence-electron chi connectivity index (χ2n) is 6.74. The average Bonchev–Trinajstić information content (AvgIpc) is 3.37. The molecule has 0 aromatic carbocycles. The fourth-order valence-corrected chi connectivity index (χ4v) is 3.49. The van der Waals surface area contributed by atoms with Gasteiger partial charge in [-0.15, -0.1) is 0 Å². The van der Waals surface area contributed by atoms with E-state index in [0.717, 1.165) is 64.4 Å². The van der Waals surface area contributed by atoms with Crippen LogP contribution in [0.25, 0.3) is 6.08 Å². The zero-order chi connectivity index (χ0) is 17.8. The van der Waals surface area contributed by atoms with Crippen LogP contribution in [0.2, 0.25) is 0 Å². The van der Waals surface area contributed by atoms with Gasteiger partial charge in [-0.05, 0) is 31.1 Å². The zero-order valence-electron chi connectivity index (χ0n) is 14.9. The van der Waals surface area contributed by atoms with Gasteiger partial charge in [-0.2, -0.15) is 4.98 Å². The van der Waals surface area contributed by atoms with Crippen molar-refractivity contribution < 1.29 is 8.81 Å². The first-order chi connectivity index (χ1) is 12.8. The third kappa shape index (κ3) is 3.88. The monoisotopic (exact) mass is 357 g/mol. The number of hydrogen-bond acceptors (Lipinski definition) is 6. The predicted octanol–water partition coefficient (Wildman–Crippen LogP) is 2.64. The van der Waals surface area contributed by atoms with Crippen molar-refractivity contribution in [2.75, 3.05) is 55.6 Å². The van der Waals surface area contributed by atoms with Crippen LogP contribution in [-0.2, 0) is 0 Å². The van der Waals surface area contributed by atoms with Gasteiger partial charge < -0.3 is 14.2 Å². The number of rotatable bonds is 5. The predicted molar refractivity (Wildman–Crippen MR) is 99.8 cm³/mol. The lowest BCUT2D eigenvalue weighted by Gasteiger charge is -2.34. The molecular weight excluding hydrogens is 333 g/mol. The topological polar surface area (TPSA) is 48.6 Å². The van der Waals surface area contributed by atoms with Crippen molar-refractivity contribution in [2.24, 2.45) is 0 Å². The Kier molecular flexibility index (Phi) is 5.15. The summed E-state index contributed by atoms with van der Waals surface area (Å²) >= 11 is 0. The fourth-order valence-electron chi connectivity index (χ4n) is 3.49. The number of aromatic nitrogens is 2. The van der Waals surface area contributed by atoms with Gasteiger partial charge >= 0.3 is 0 Å². The number of piperazine rings is 1. The number of halogens is 1. The highest BCUT2D eigenvalue weighted by Gasteiger charge is 2.22. The Morgan fingerprint density at radius 1 is 1.08 bits per heavy atom. The van der Waals surface area contributed by atoms with Gasteiger partial charge in [-0.1, -0.05) is 6.08 Å². The first kappa shape index (κ1) is 17.0. The van der Waals surface area contributed by atoms with E-state index in [1.807, 2.05) is 23.1 Å². The summed E-state index contributed by atoms with van der Waals surface area (Å²) in [6, 6.07) is 3.83. The van der Waals surface area contributed by atoms with Crippen LogP contribution in [0.1, 0.15) is 18.6 Å². The van der Waals surface area contributed by atoms with E-state index in [-0.39, 0.29) is 5.82 Å². The quantitative estimate of drug-likeness (QED) is 0.820. The minimum atomic E-state index is -0.322. The van der Waals surface area contributed by atoms with Gasteiger partial charge in [0.2, 0.25) is 5.95 Å². The van der Waals surface area contributed by atoms with E-state index in [9.17, 15) is 4.39 Å². The van der Waals surface area contributed by atoms with Crippen LogP contribution >= 0.6 is 0 Å². The van der Waals surface area contributed by atoms with Gasteiger partial charge in [0.1, 0.15) is 5.76 Å². The first-order valence-electron chi connectivity index (χ1n) is 9.24. The van der Waals surface area contributed by atoms with Gasteiger partial charge in [-0.3, -0.25) is 4.90 Å². The summed E-state index contributed by atoms with van der Waals surface area (Å²) in [7, 11) is 0. The molecule has 0 spiro atoms. The van der Waals surface area contributed by atoms with Crippen molar-refractivity contribution >= 4 is 17.8 Å². The van der Waals surface area contributed by atoms with Crippen LogP contribution in [0.3, 0.4) is 0 Å². The van der Waals surface area contributed by atoms with Crippen molar-refractivity contribution in [3.63, 3.8) is 0 Å². The molecule has 2 aromatic heterocycles. The van der Waals surface area contributed by atoms with Crippen LogP contribution in [0, 0.1) is 5.82 Å². The van der Waals surface area contributed by atoms with Crippen LogP contribution in [0.5, 0.6) is 0 Å². The van der Waals surface area contributed by atoms with E-state index < -0.39 is 0 Å². The smallest absolute Gasteiger partial charge is 0.227 e. The van der Waals surface area contributed by atoms with E-state index in [0.29, 0.717) is 11.8 Å². The van der Waals surface area contributed by atoms with Crippen LogP contribution < -0.4 is 9.80 Å². The summed E-state index contributed by atoms with van der Waals surface area (Å²) < 4.78 is 19.4. The second-order valence-corrected chi connectivity index (χ2v) is 6.74. The van der Waals surface area contributed by atoms with E-state index in [4.69, 9.17) is 4.42 Å². The summed E-state index contributed by atoms with van der Waals surface area (Å²) in [5.74, 6) is 1.64. The molecule has 138 valence electrons. The third-order valence-electron chi connectivity index (χ3n) is 4.96. The Bertz CT molecular complexity index is 734. The summed E-state index contributed by atoms with van der Waals surface area (Å²) in [5.41, 5.74) is 0. The fraction of sp³-hybridized carbons (Fsp3) is 0.474. The van der Waals surface area contributed by atoms with Gasteiger partial charge in [0.25, 0.3) is 0 Å². The molecule has 0 radical (unpaired) electrons. The lowest BCUT2D eigenvalue weighted by molar-refractivity contribution is 0.283. The molecule has 2 fully saturated rings. The number of nitrogens with zero attached hydrogens (tertiary/aromatic N) is 5. The molecule has 0 bridgehead atoms. The third-order valence-corrected chi connectivity index (χ3v) is 4.96. The number of anilines is 2. The Labute approximate surface area is 152 Å². The van der Waals surface area contributed by atoms with E-state index in [1.54, 1.807) is 6.26 Å². The molecule has 0 saturated carbocycles. The highest BCUT2D eigenvalue weighted by molar-refractivity contribution is 5.46. The molecule has 0 aliphatic carbocycles. The van der Waals surface area contributed by atoms with Crippen molar-refractivity contribution in [3.05, 3.63) is 42.2 Å². The van der Waals surface area contributed by atoms with Crippen LogP contribution in [0.4, 0.5) is 16.2 Å². The molecule has 2 saturated heterocycles. The maximum atomic E-state index is 14.1. The molecule has 0 N–H and O–H groups in total. The Morgan fingerprint density at radius 2 is 1.88 bits per heavy atom. The number of furan rings is 1. The molecule has 2 aliphatic heterocycles. The normalized spacial score (nSPS) is 19.0. The highest BCUT2D eigenvalue weighted by atomic mass is 19.1. The molecule has 2 aliphatic rings. The van der Waals surface area contributed by atoms with Gasteiger partial charge in [0.15, 0.2) is 11.6 Å². The van der Waals surface area contributed by atoms with Crippen molar-refractivity contribution in [3.8, 4) is 0 Å². The molecule has 0 unspecified atom stereocenters. The molecule has 0 amide bonds. The average molecular weight is 357 g/mol. The highest BCUT2D eigenvalue weighted by Crippen LogP contribution is 2.23. The van der Waals surface area contributed by atoms with Gasteiger partial charge in [0.05, 0.1) is 12.5 Å². The lowest BCUT2D eigenvalue weighted by Crippen LogP contribution is -2.47. The molecule has 7 heteroatoms. The maximum Gasteiger partial charge on any atom is 0.227 e. The first-order valence-corrected chi connectivity index (χ1v) is 9.24. The maximum absolute atomic E-state index is 14.1. The van der Waals surface area contributed by atoms with Crippen LogP contribution in [0.15, 0.2) is 35.1 Å². The van der Waals surface area contributed by atoms with E-state index in [1.165, 1.54) is 6.20 Å². The molecule has 4 heterocycles. The summed E-state index contributed by atoms with van der Waals surface area (Å²) in [6.07, 6.45) is 9.31. The molecule has 26 heavy (non-hydrogen) atoms.